The topological polar surface area (TPSA) is 60.9 Å². The van der Waals surface area contributed by atoms with E-state index in [1.54, 1.807) is 24.3 Å². The van der Waals surface area contributed by atoms with Crippen LogP contribution in [0.1, 0.15) is 10.5 Å². The van der Waals surface area contributed by atoms with Crippen LogP contribution in [0.25, 0.3) is 5.69 Å². The third-order valence-corrected chi connectivity index (χ3v) is 2.30. The van der Waals surface area contributed by atoms with E-state index in [0.717, 1.165) is 0 Å². The lowest BCUT2D eigenvalue weighted by molar-refractivity contribution is 0.0993. The highest BCUT2D eigenvalue weighted by molar-refractivity contribution is 6.32. The van der Waals surface area contributed by atoms with Crippen LogP contribution in [0.15, 0.2) is 36.5 Å². The minimum atomic E-state index is -0.535. The Morgan fingerprint density at radius 3 is 2.73 bits per heavy atom. The third kappa shape index (κ3) is 1.71. The molecule has 0 fully saturated rings. The first-order chi connectivity index (χ1) is 7.20. The molecular formula is C10H8ClN3O. The van der Waals surface area contributed by atoms with Crippen molar-refractivity contribution in [2.75, 3.05) is 0 Å². The Morgan fingerprint density at radius 2 is 2.07 bits per heavy atom. The zero-order chi connectivity index (χ0) is 10.8. The molecule has 0 radical (unpaired) electrons. The molecule has 0 saturated carbocycles. The van der Waals surface area contributed by atoms with Crippen molar-refractivity contribution < 1.29 is 4.79 Å². The zero-order valence-corrected chi connectivity index (χ0v) is 8.48. The van der Waals surface area contributed by atoms with Crippen LogP contribution in [0.5, 0.6) is 0 Å². The molecule has 1 amide bonds. The monoisotopic (exact) mass is 221 g/mol. The molecule has 2 rings (SSSR count). The predicted octanol–water partition coefficient (Wildman–Crippen LogP) is 1.62. The van der Waals surface area contributed by atoms with Crippen LogP contribution in [0, 0.1) is 0 Å². The van der Waals surface area contributed by atoms with E-state index in [1.807, 2.05) is 6.07 Å². The first-order valence-corrected chi connectivity index (χ1v) is 4.66. The summed E-state index contributed by atoms with van der Waals surface area (Å²) in [7, 11) is 0. The zero-order valence-electron chi connectivity index (χ0n) is 7.72. The maximum Gasteiger partial charge on any atom is 0.267 e. The molecule has 0 saturated heterocycles. The van der Waals surface area contributed by atoms with Gasteiger partial charge in [-0.2, -0.15) is 5.10 Å². The number of carbonyl (C=O) groups is 1. The molecule has 1 aromatic carbocycles. The summed E-state index contributed by atoms with van der Waals surface area (Å²) < 4.78 is 1.42. The molecule has 4 nitrogen and oxygen atoms in total. The van der Waals surface area contributed by atoms with Gasteiger partial charge in [0.05, 0.1) is 16.9 Å². The molecule has 76 valence electrons. The second kappa shape index (κ2) is 3.74. The summed E-state index contributed by atoms with van der Waals surface area (Å²) in [5.41, 5.74) is 6.15. The van der Waals surface area contributed by atoms with Crippen LogP contribution in [0.4, 0.5) is 0 Å². The van der Waals surface area contributed by atoms with Gasteiger partial charge in [-0.1, -0.05) is 23.7 Å². The quantitative estimate of drug-likeness (QED) is 0.838. The molecule has 5 heteroatoms. The molecule has 0 aliphatic heterocycles. The summed E-state index contributed by atoms with van der Waals surface area (Å²) >= 11 is 5.98. The van der Waals surface area contributed by atoms with Crippen molar-refractivity contribution in [3.63, 3.8) is 0 Å². The van der Waals surface area contributed by atoms with Gasteiger partial charge >= 0.3 is 0 Å². The lowest BCUT2D eigenvalue weighted by Crippen LogP contribution is -2.16. The summed E-state index contributed by atoms with van der Waals surface area (Å²) in [6.45, 7) is 0. The first kappa shape index (κ1) is 9.73. The van der Waals surface area contributed by atoms with E-state index in [1.165, 1.54) is 10.9 Å². The van der Waals surface area contributed by atoms with Crippen molar-refractivity contribution in [1.29, 1.82) is 0 Å². The number of benzene rings is 1. The van der Waals surface area contributed by atoms with Gasteiger partial charge in [-0.15, -0.1) is 0 Å². The summed E-state index contributed by atoms with van der Waals surface area (Å²) in [6, 6.07) is 8.66. The molecule has 0 aliphatic rings. The van der Waals surface area contributed by atoms with Gasteiger partial charge in [0, 0.05) is 0 Å². The van der Waals surface area contributed by atoms with E-state index in [4.69, 9.17) is 17.3 Å². The standard InChI is InChI=1S/C10H8ClN3O/c11-7-3-1-2-4-8(7)14-9(10(12)15)5-6-13-14/h1-6H,(H2,12,15). The SMILES string of the molecule is NC(=O)c1ccnn1-c1ccccc1Cl. The summed E-state index contributed by atoms with van der Waals surface area (Å²) in [5.74, 6) is -0.535. The maximum absolute atomic E-state index is 11.1. The lowest BCUT2D eigenvalue weighted by Gasteiger charge is -2.06. The van der Waals surface area contributed by atoms with Gasteiger partial charge in [-0.25, -0.2) is 4.68 Å². The third-order valence-electron chi connectivity index (χ3n) is 1.98. The molecule has 0 bridgehead atoms. The van der Waals surface area contributed by atoms with Gasteiger partial charge in [0.2, 0.25) is 0 Å². The Kier molecular flexibility index (Phi) is 2.43. The number of nitrogens with zero attached hydrogens (tertiary/aromatic N) is 2. The van der Waals surface area contributed by atoms with E-state index in [9.17, 15) is 4.79 Å². The number of aromatic nitrogens is 2. The van der Waals surface area contributed by atoms with E-state index >= 15 is 0 Å². The molecule has 15 heavy (non-hydrogen) atoms. The number of hydrogen-bond acceptors (Lipinski definition) is 2. The van der Waals surface area contributed by atoms with Crippen molar-refractivity contribution in [2.45, 2.75) is 0 Å². The lowest BCUT2D eigenvalue weighted by atomic mass is 10.3. The highest BCUT2D eigenvalue weighted by Gasteiger charge is 2.11. The predicted molar refractivity (Wildman–Crippen MR) is 57.1 cm³/mol. The van der Waals surface area contributed by atoms with Crippen LogP contribution in [-0.4, -0.2) is 15.7 Å². The van der Waals surface area contributed by atoms with Crippen LogP contribution >= 0.6 is 11.6 Å². The van der Waals surface area contributed by atoms with Crippen LogP contribution < -0.4 is 5.73 Å². The normalized spacial score (nSPS) is 10.2. The number of primary amides is 1. The van der Waals surface area contributed by atoms with Crippen molar-refractivity contribution in [2.24, 2.45) is 5.73 Å². The number of para-hydroxylation sites is 1. The van der Waals surface area contributed by atoms with E-state index in [-0.39, 0.29) is 0 Å². The average molecular weight is 222 g/mol. The highest BCUT2D eigenvalue weighted by Crippen LogP contribution is 2.20. The number of hydrogen-bond donors (Lipinski definition) is 1. The molecule has 0 atom stereocenters. The van der Waals surface area contributed by atoms with Gasteiger partial charge in [0.25, 0.3) is 5.91 Å². The second-order valence-electron chi connectivity index (χ2n) is 2.94. The second-order valence-corrected chi connectivity index (χ2v) is 3.35. The molecule has 1 aromatic heterocycles. The van der Waals surface area contributed by atoms with Crippen molar-refractivity contribution in [1.82, 2.24) is 9.78 Å². The fourth-order valence-corrected chi connectivity index (χ4v) is 1.52. The van der Waals surface area contributed by atoms with Gasteiger partial charge in [-0.05, 0) is 18.2 Å². The van der Waals surface area contributed by atoms with Crippen LogP contribution in [0.2, 0.25) is 5.02 Å². The fourth-order valence-electron chi connectivity index (χ4n) is 1.31. The van der Waals surface area contributed by atoms with E-state index < -0.39 is 5.91 Å². The number of carbonyl (C=O) groups excluding carboxylic acids is 1. The number of nitrogens with two attached hydrogens (primary N) is 1. The van der Waals surface area contributed by atoms with Crippen molar-refractivity contribution in [3.05, 3.63) is 47.2 Å². The van der Waals surface area contributed by atoms with Gasteiger partial charge in [0.1, 0.15) is 5.69 Å². The largest absolute Gasteiger partial charge is 0.364 e. The molecule has 0 aliphatic carbocycles. The molecule has 0 unspecified atom stereocenters. The van der Waals surface area contributed by atoms with Gasteiger partial charge in [0.15, 0.2) is 0 Å². The Hall–Kier alpha value is -1.81. The Bertz CT molecular complexity index is 507. The molecule has 2 aromatic rings. The van der Waals surface area contributed by atoms with Crippen LogP contribution in [-0.2, 0) is 0 Å². The summed E-state index contributed by atoms with van der Waals surface area (Å²) in [5, 5.41) is 4.52. The van der Waals surface area contributed by atoms with Gasteiger partial charge in [-0.3, -0.25) is 4.79 Å². The average Bonchev–Trinajstić information content (AvgIpc) is 2.67. The minimum absolute atomic E-state index is 0.308. The number of rotatable bonds is 2. The Balaban J connectivity index is 2.59. The van der Waals surface area contributed by atoms with Crippen LogP contribution in [0.3, 0.4) is 0 Å². The summed E-state index contributed by atoms with van der Waals surface area (Å²) in [6.07, 6.45) is 1.50. The summed E-state index contributed by atoms with van der Waals surface area (Å²) in [4.78, 5) is 11.1. The van der Waals surface area contributed by atoms with Crippen molar-refractivity contribution >= 4 is 17.5 Å². The fraction of sp³-hybridized carbons (Fsp3) is 0. The molecule has 2 N–H and O–H groups in total. The van der Waals surface area contributed by atoms with E-state index in [0.29, 0.717) is 16.4 Å². The van der Waals surface area contributed by atoms with Gasteiger partial charge < -0.3 is 5.73 Å². The number of amides is 1. The minimum Gasteiger partial charge on any atom is -0.364 e. The molecular weight excluding hydrogens is 214 g/mol. The molecule has 0 spiro atoms. The Morgan fingerprint density at radius 1 is 1.33 bits per heavy atom. The van der Waals surface area contributed by atoms with E-state index in [2.05, 4.69) is 5.10 Å². The smallest absolute Gasteiger partial charge is 0.267 e. The first-order valence-electron chi connectivity index (χ1n) is 4.29. The van der Waals surface area contributed by atoms with Crippen molar-refractivity contribution in [3.8, 4) is 5.69 Å². The Labute approximate surface area is 91.3 Å². The molecule has 1 heterocycles. The number of halogens is 1. The maximum atomic E-state index is 11.1. The highest BCUT2D eigenvalue weighted by atomic mass is 35.5.